The molecule has 0 aliphatic rings. The average molecular weight is 327 g/mol. The van der Waals surface area contributed by atoms with Gasteiger partial charge in [-0.25, -0.2) is 9.97 Å². The first kappa shape index (κ1) is 15.4. The summed E-state index contributed by atoms with van der Waals surface area (Å²) in [7, 11) is 1.59. The summed E-state index contributed by atoms with van der Waals surface area (Å²) in [6.07, 6.45) is 0.897. The van der Waals surface area contributed by atoms with Crippen LogP contribution in [0.5, 0.6) is 5.75 Å². The highest BCUT2D eigenvalue weighted by Crippen LogP contribution is 2.24. The number of rotatable bonds is 5. The number of ether oxygens (including phenoxy) is 1. The second-order valence-electron chi connectivity index (χ2n) is 5.00. The Labute approximate surface area is 138 Å². The molecule has 2 aromatic heterocycles. The molecule has 0 saturated carbocycles. The average Bonchev–Trinajstić information content (AvgIpc) is 3.06. The van der Waals surface area contributed by atoms with E-state index in [1.165, 1.54) is 0 Å². The van der Waals surface area contributed by atoms with Gasteiger partial charge in [0.25, 0.3) is 5.91 Å². The van der Waals surface area contributed by atoms with Crippen LogP contribution >= 0.6 is 11.3 Å². The Morgan fingerprint density at radius 3 is 2.87 bits per heavy atom. The number of aryl methyl sites for hydroxylation is 1. The smallest absolute Gasteiger partial charge is 0.270 e. The maximum absolute atomic E-state index is 12.4. The third-order valence-electron chi connectivity index (χ3n) is 3.49. The zero-order valence-electron chi connectivity index (χ0n) is 13.0. The molecule has 118 valence electrons. The number of benzene rings is 1. The monoisotopic (exact) mass is 327 g/mol. The standard InChI is InChI=1S/C17H17N3O2S/c1-3-11-10-23-16(19-11)9-18-17(21)14-8-15(22-2)12-6-4-5-7-13(12)20-14/h4-8,10H,3,9H2,1-2H3,(H,18,21). The van der Waals surface area contributed by atoms with E-state index in [9.17, 15) is 4.79 Å². The van der Waals surface area contributed by atoms with Gasteiger partial charge in [0.05, 0.1) is 24.9 Å². The van der Waals surface area contributed by atoms with Gasteiger partial charge >= 0.3 is 0 Å². The lowest BCUT2D eigenvalue weighted by Crippen LogP contribution is -2.23. The first-order valence-corrected chi connectivity index (χ1v) is 8.24. The molecule has 1 amide bonds. The van der Waals surface area contributed by atoms with Crippen LogP contribution in [0, 0.1) is 0 Å². The van der Waals surface area contributed by atoms with Crippen LogP contribution in [0.3, 0.4) is 0 Å². The predicted octanol–water partition coefficient (Wildman–Crippen LogP) is 3.19. The number of nitrogens with zero attached hydrogens (tertiary/aromatic N) is 2. The molecular formula is C17H17N3O2S. The SMILES string of the molecule is CCc1csc(CNC(=O)c2cc(OC)c3ccccc3n2)n1. The van der Waals surface area contributed by atoms with E-state index in [-0.39, 0.29) is 5.91 Å². The van der Waals surface area contributed by atoms with Gasteiger partial charge in [0.15, 0.2) is 0 Å². The van der Waals surface area contributed by atoms with Crippen molar-refractivity contribution in [3.63, 3.8) is 0 Å². The van der Waals surface area contributed by atoms with Crippen LogP contribution < -0.4 is 10.1 Å². The Hall–Kier alpha value is -2.47. The van der Waals surface area contributed by atoms with Crippen molar-refractivity contribution in [3.8, 4) is 5.75 Å². The predicted molar refractivity (Wildman–Crippen MR) is 91.0 cm³/mol. The van der Waals surface area contributed by atoms with Crippen molar-refractivity contribution in [3.05, 3.63) is 52.1 Å². The Morgan fingerprint density at radius 2 is 2.13 bits per heavy atom. The molecule has 2 heterocycles. The highest BCUT2D eigenvalue weighted by Gasteiger charge is 2.13. The molecule has 0 radical (unpaired) electrons. The van der Waals surface area contributed by atoms with E-state index in [0.717, 1.165) is 28.0 Å². The number of fused-ring (bicyclic) bond motifs is 1. The zero-order chi connectivity index (χ0) is 16.2. The number of carbonyl (C=O) groups is 1. The molecule has 1 aromatic carbocycles. The highest BCUT2D eigenvalue weighted by atomic mass is 32.1. The van der Waals surface area contributed by atoms with E-state index < -0.39 is 0 Å². The molecule has 6 heteroatoms. The maximum atomic E-state index is 12.4. The Kier molecular flexibility index (Phi) is 4.52. The summed E-state index contributed by atoms with van der Waals surface area (Å²) < 4.78 is 5.37. The number of thiazole rings is 1. The van der Waals surface area contributed by atoms with Crippen molar-refractivity contribution < 1.29 is 9.53 Å². The van der Waals surface area contributed by atoms with Crippen molar-refractivity contribution in [2.24, 2.45) is 0 Å². The maximum Gasteiger partial charge on any atom is 0.270 e. The summed E-state index contributed by atoms with van der Waals surface area (Å²) in [6.45, 7) is 2.46. The Morgan fingerprint density at radius 1 is 1.30 bits per heavy atom. The molecule has 3 aromatic rings. The number of amides is 1. The molecule has 0 fully saturated rings. The van der Waals surface area contributed by atoms with Crippen LogP contribution in [0.2, 0.25) is 0 Å². The molecule has 3 rings (SSSR count). The minimum absolute atomic E-state index is 0.234. The van der Waals surface area contributed by atoms with Gasteiger partial charge in [-0.1, -0.05) is 19.1 Å². The number of carbonyl (C=O) groups excluding carboxylic acids is 1. The fourth-order valence-corrected chi connectivity index (χ4v) is 3.08. The summed E-state index contributed by atoms with van der Waals surface area (Å²) >= 11 is 1.55. The van der Waals surface area contributed by atoms with E-state index in [2.05, 4.69) is 22.2 Å². The fraction of sp³-hybridized carbons (Fsp3) is 0.235. The number of hydrogen-bond acceptors (Lipinski definition) is 5. The molecule has 1 N–H and O–H groups in total. The molecule has 0 aliphatic carbocycles. The molecule has 0 unspecified atom stereocenters. The quantitative estimate of drug-likeness (QED) is 0.781. The topological polar surface area (TPSA) is 64.1 Å². The molecule has 23 heavy (non-hydrogen) atoms. The summed E-state index contributed by atoms with van der Waals surface area (Å²) in [4.78, 5) is 21.2. The number of hydrogen-bond donors (Lipinski definition) is 1. The van der Waals surface area contributed by atoms with E-state index >= 15 is 0 Å². The third-order valence-corrected chi connectivity index (χ3v) is 4.39. The van der Waals surface area contributed by atoms with Crippen LogP contribution in [-0.2, 0) is 13.0 Å². The van der Waals surface area contributed by atoms with Crippen LogP contribution in [0.1, 0.15) is 28.1 Å². The minimum atomic E-state index is -0.234. The summed E-state index contributed by atoms with van der Waals surface area (Å²) in [5, 5.41) is 6.65. The van der Waals surface area contributed by atoms with Crippen LogP contribution in [0.15, 0.2) is 35.7 Å². The number of methoxy groups -OCH3 is 1. The first-order chi connectivity index (χ1) is 11.2. The minimum Gasteiger partial charge on any atom is -0.496 e. The molecule has 0 aliphatic heterocycles. The van der Waals surface area contributed by atoms with Crippen molar-refractivity contribution in [2.45, 2.75) is 19.9 Å². The Balaban J connectivity index is 1.80. The summed E-state index contributed by atoms with van der Waals surface area (Å²) in [5.41, 5.74) is 2.12. The lowest BCUT2D eigenvalue weighted by atomic mass is 10.2. The molecule has 0 spiro atoms. The van der Waals surface area contributed by atoms with E-state index in [4.69, 9.17) is 4.74 Å². The van der Waals surface area contributed by atoms with Gasteiger partial charge in [-0.2, -0.15) is 0 Å². The highest BCUT2D eigenvalue weighted by molar-refractivity contribution is 7.09. The second kappa shape index (κ2) is 6.75. The first-order valence-electron chi connectivity index (χ1n) is 7.36. The van der Waals surface area contributed by atoms with Gasteiger partial charge in [0.1, 0.15) is 16.5 Å². The number of para-hydroxylation sites is 1. The normalized spacial score (nSPS) is 10.7. The van der Waals surface area contributed by atoms with Crippen molar-refractivity contribution >= 4 is 28.1 Å². The van der Waals surface area contributed by atoms with E-state index in [1.807, 2.05) is 29.6 Å². The van der Waals surface area contributed by atoms with Gasteiger partial charge in [-0.3, -0.25) is 4.79 Å². The van der Waals surface area contributed by atoms with Crippen LogP contribution in [-0.4, -0.2) is 23.0 Å². The van der Waals surface area contributed by atoms with E-state index in [1.54, 1.807) is 24.5 Å². The lowest BCUT2D eigenvalue weighted by Gasteiger charge is -2.08. The van der Waals surface area contributed by atoms with Crippen LogP contribution in [0.4, 0.5) is 0 Å². The largest absolute Gasteiger partial charge is 0.496 e. The molecular weight excluding hydrogens is 310 g/mol. The molecule has 5 nitrogen and oxygen atoms in total. The fourth-order valence-electron chi connectivity index (χ4n) is 2.27. The number of nitrogens with one attached hydrogen (secondary N) is 1. The molecule has 0 bridgehead atoms. The molecule has 0 saturated heterocycles. The van der Waals surface area contributed by atoms with E-state index in [0.29, 0.717) is 18.0 Å². The number of aromatic nitrogens is 2. The molecule has 0 atom stereocenters. The van der Waals surface area contributed by atoms with Gasteiger partial charge in [0.2, 0.25) is 0 Å². The number of pyridine rings is 1. The van der Waals surface area contributed by atoms with Crippen molar-refractivity contribution in [2.75, 3.05) is 7.11 Å². The zero-order valence-corrected chi connectivity index (χ0v) is 13.8. The van der Waals surface area contributed by atoms with Crippen molar-refractivity contribution in [1.29, 1.82) is 0 Å². The summed E-state index contributed by atoms with van der Waals surface area (Å²) in [6, 6.07) is 9.25. The van der Waals surface area contributed by atoms with Gasteiger partial charge in [-0.15, -0.1) is 11.3 Å². The third kappa shape index (κ3) is 3.32. The lowest BCUT2D eigenvalue weighted by molar-refractivity contribution is 0.0946. The Bertz CT molecular complexity index is 845. The van der Waals surface area contributed by atoms with Gasteiger partial charge in [-0.05, 0) is 18.6 Å². The van der Waals surface area contributed by atoms with Gasteiger partial charge < -0.3 is 10.1 Å². The summed E-state index contributed by atoms with van der Waals surface area (Å²) in [5.74, 6) is 0.408. The van der Waals surface area contributed by atoms with Crippen molar-refractivity contribution in [1.82, 2.24) is 15.3 Å². The van der Waals surface area contributed by atoms with Gasteiger partial charge in [0, 0.05) is 16.8 Å². The van der Waals surface area contributed by atoms with Crippen LogP contribution in [0.25, 0.3) is 10.9 Å². The second-order valence-corrected chi connectivity index (χ2v) is 5.94.